The van der Waals surface area contributed by atoms with Crippen LogP contribution in [0, 0.1) is 6.92 Å². The third-order valence-electron chi connectivity index (χ3n) is 6.47. The van der Waals surface area contributed by atoms with Crippen LogP contribution in [0.2, 0.25) is 0 Å². The first-order valence-electron chi connectivity index (χ1n) is 11.1. The van der Waals surface area contributed by atoms with Crippen molar-refractivity contribution in [2.24, 2.45) is 0 Å². The van der Waals surface area contributed by atoms with Gasteiger partial charge in [0, 0.05) is 17.0 Å². The second-order valence-electron chi connectivity index (χ2n) is 8.66. The minimum absolute atomic E-state index is 0.00484. The van der Waals surface area contributed by atoms with Gasteiger partial charge in [-0.1, -0.05) is 38.5 Å². The van der Waals surface area contributed by atoms with E-state index < -0.39 is 5.97 Å². The first-order valence-corrected chi connectivity index (χ1v) is 11.9. The SMILES string of the molecule is Cc1sc(NC(=C2CC2)N(C2CCCCC2)C2CCCCC2)nc1CC(=O)O. The molecular weight excluding hydrogens is 370 g/mol. The van der Waals surface area contributed by atoms with Crippen LogP contribution in [0.15, 0.2) is 11.4 Å². The van der Waals surface area contributed by atoms with Gasteiger partial charge in [0.1, 0.15) is 5.82 Å². The Morgan fingerprint density at radius 2 is 1.64 bits per heavy atom. The molecule has 1 heterocycles. The Labute approximate surface area is 172 Å². The number of rotatable bonds is 7. The van der Waals surface area contributed by atoms with Gasteiger partial charge < -0.3 is 15.3 Å². The smallest absolute Gasteiger partial charge is 0.309 e. The van der Waals surface area contributed by atoms with Crippen LogP contribution in [-0.2, 0) is 11.2 Å². The van der Waals surface area contributed by atoms with Gasteiger partial charge in [0.05, 0.1) is 12.1 Å². The molecule has 3 aliphatic carbocycles. The number of nitrogens with zero attached hydrogens (tertiary/aromatic N) is 2. The molecule has 3 aliphatic rings. The monoisotopic (exact) mass is 403 g/mol. The van der Waals surface area contributed by atoms with E-state index in [0.717, 1.165) is 10.0 Å². The highest BCUT2D eigenvalue weighted by Crippen LogP contribution is 2.40. The van der Waals surface area contributed by atoms with Crippen molar-refractivity contribution < 1.29 is 9.90 Å². The molecular formula is C22H33N3O2S. The lowest BCUT2D eigenvalue weighted by Crippen LogP contribution is -2.46. The molecule has 0 saturated heterocycles. The minimum Gasteiger partial charge on any atom is -0.481 e. The summed E-state index contributed by atoms with van der Waals surface area (Å²) in [6.07, 6.45) is 15.7. The van der Waals surface area contributed by atoms with Crippen LogP contribution in [0.4, 0.5) is 5.13 Å². The molecule has 0 bridgehead atoms. The molecule has 154 valence electrons. The molecule has 6 heteroatoms. The first-order chi connectivity index (χ1) is 13.6. The molecule has 0 spiro atoms. The molecule has 4 rings (SSSR count). The number of carboxylic acid groups (broad SMARTS) is 1. The van der Waals surface area contributed by atoms with E-state index in [4.69, 9.17) is 5.11 Å². The van der Waals surface area contributed by atoms with E-state index in [1.807, 2.05) is 6.92 Å². The van der Waals surface area contributed by atoms with Crippen LogP contribution in [0.5, 0.6) is 0 Å². The molecule has 28 heavy (non-hydrogen) atoms. The Morgan fingerprint density at radius 3 is 2.14 bits per heavy atom. The summed E-state index contributed by atoms with van der Waals surface area (Å²) >= 11 is 1.59. The fraction of sp³-hybridized carbons (Fsp3) is 0.727. The van der Waals surface area contributed by atoms with E-state index in [1.165, 1.54) is 88.4 Å². The summed E-state index contributed by atoms with van der Waals surface area (Å²) in [5, 5.41) is 13.7. The number of aryl methyl sites for hydroxylation is 1. The Hall–Kier alpha value is -1.56. The maximum atomic E-state index is 11.1. The molecule has 0 amide bonds. The fourth-order valence-electron chi connectivity index (χ4n) is 4.91. The highest BCUT2D eigenvalue weighted by molar-refractivity contribution is 7.15. The first kappa shape index (κ1) is 19.7. The molecule has 5 nitrogen and oxygen atoms in total. The third kappa shape index (κ3) is 4.70. The van der Waals surface area contributed by atoms with Crippen molar-refractivity contribution >= 4 is 22.4 Å². The van der Waals surface area contributed by atoms with Crippen LogP contribution in [0.25, 0.3) is 0 Å². The lowest BCUT2D eigenvalue weighted by Gasteiger charge is -2.44. The Morgan fingerprint density at radius 1 is 1.07 bits per heavy atom. The van der Waals surface area contributed by atoms with Gasteiger partial charge >= 0.3 is 5.97 Å². The van der Waals surface area contributed by atoms with E-state index in [9.17, 15) is 4.79 Å². The van der Waals surface area contributed by atoms with Crippen molar-refractivity contribution in [2.75, 3.05) is 5.32 Å². The average molecular weight is 404 g/mol. The zero-order valence-corrected chi connectivity index (χ0v) is 17.8. The number of carbonyl (C=O) groups is 1. The summed E-state index contributed by atoms with van der Waals surface area (Å²) in [4.78, 5) is 19.5. The van der Waals surface area contributed by atoms with Gasteiger partial charge in [-0.3, -0.25) is 4.79 Å². The quantitative estimate of drug-likeness (QED) is 0.632. The van der Waals surface area contributed by atoms with Crippen LogP contribution in [-0.4, -0.2) is 33.0 Å². The van der Waals surface area contributed by atoms with Gasteiger partial charge in [0.25, 0.3) is 0 Å². The fourth-order valence-corrected chi connectivity index (χ4v) is 5.74. The molecule has 3 saturated carbocycles. The van der Waals surface area contributed by atoms with Crippen molar-refractivity contribution in [1.29, 1.82) is 0 Å². The van der Waals surface area contributed by atoms with Gasteiger partial charge in [-0.2, -0.15) is 0 Å². The van der Waals surface area contributed by atoms with E-state index in [2.05, 4.69) is 15.2 Å². The Kier molecular flexibility index (Phi) is 6.24. The van der Waals surface area contributed by atoms with Gasteiger partial charge in [0.2, 0.25) is 0 Å². The molecule has 0 unspecified atom stereocenters. The van der Waals surface area contributed by atoms with Crippen LogP contribution >= 0.6 is 11.3 Å². The van der Waals surface area contributed by atoms with E-state index >= 15 is 0 Å². The van der Waals surface area contributed by atoms with Gasteiger partial charge in [-0.25, -0.2) is 4.98 Å². The Bertz CT molecular complexity index is 706. The number of thiazole rings is 1. The van der Waals surface area contributed by atoms with Crippen molar-refractivity contribution in [1.82, 2.24) is 9.88 Å². The normalized spacial score (nSPS) is 20.8. The zero-order chi connectivity index (χ0) is 19.5. The maximum absolute atomic E-state index is 11.1. The van der Waals surface area contributed by atoms with E-state index in [1.54, 1.807) is 11.3 Å². The third-order valence-corrected chi connectivity index (χ3v) is 7.39. The number of nitrogens with one attached hydrogen (secondary N) is 1. The molecule has 1 aromatic heterocycles. The molecule has 1 aromatic rings. The number of anilines is 1. The van der Waals surface area contributed by atoms with Crippen LogP contribution in [0.3, 0.4) is 0 Å². The maximum Gasteiger partial charge on any atom is 0.309 e. The molecule has 0 atom stereocenters. The second kappa shape index (κ2) is 8.85. The van der Waals surface area contributed by atoms with Crippen molar-refractivity contribution in [3.8, 4) is 0 Å². The summed E-state index contributed by atoms with van der Waals surface area (Å²) in [6.45, 7) is 1.98. The van der Waals surface area contributed by atoms with Crippen LogP contribution in [0.1, 0.15) is 87.6 Å². The summed E-state index contributed by atoms with van der Waals surface area (Å²) in [6, 6.07) is 1.29. The Balaban J connectivity index is 1.59. The van der Waals surface area contributed by atoms with Gasteiger partial charge in [0.15, 0.2) is 5.13 Å². The number of aliphatic carboxylic acids is 1. The zero-order valence-electron chi connectivity index (χ0n) is 17.0. The molecule has 0 radical (unpaired) electrons. The standard InChI is InChI=1S/C22H33N3O2S/c1-15-19(14-20(26)27)23-22(28-15)24-21(16-12-13-16)25(17-8-4-2-5-9-17)18-10-6-3-7-11-18/h17-18H,2-14H2,1H3,(H,23,24)(H,26,27). The van der Waals surface area contributed by atoms with Gasteiger partial charge in [-0.05, 0) is 51.0 Å². The van der Waals surface area contributed by atoms with E-state index in [0.29, 0.717) is 17.8 Å². The van der Waals surface area contributed by atoms with Crippen molar-refractivity contribution in [3.63, 3.8) is 0 Å². The molecule has 0 aromatic carbocycles. The number of aromatic nitrogens is 1. The highest BCUT2D eigenvalue weighted by atomic mass is 32.1. The predicted molar refractivity (Wildman–Crippen MR) is 114 cm³/mol. The highest BCUT2D eigenvalue weighted by Gasteiger charge is 2.34. The number of carboxylic acids is 1. The molecule has 0 aliphatic heterocycles. The van der Waals surface area contributed by atoms with Crippen LogP contribution < -0.4 is 5.32 Å². The number of hydrogen-bond acceptors (Lipinski definition) is 5. The van der Waals surface area contributed by atoms with Crippen molar-refractivity contribution in [2.45, 2.75) is 102 Å². The number of allylic oxidation sites excluding steroid dienone is 1. The minimum atomic E-state index is -0.813. The van der Waals surface area contributed by atoms with Crippen molar-refractivity contribution in [3.05, 3.63) is 22.0 Å². The average Bonchev–Trinajstić information content (AvgIpc) is 3.48. The van der Waals surface area contributed by atoms with E-state index in [-0.39, 0.29) is 6.42 Å². The summed E-state index contributed by atoms with van der Waals surface area (Å²) in [5.41, 5.74) is 2.23. The summed E-state index contributed by atoms with van der Waals surface area (Å²) in [7, 11) is 0. The van der Waals surface area contributed by atoms with Gasteiger partial charge in [-0.15, -0.1) is 11.3 Å². The lowest BCUT2D eigenvalue weighted by molar-refractivity contribution is -0.136. The largest absolute Gasteiger partial charge is 0.481 e. The summed E-state index contributed by atoms with van der Waals surface area (Å²) < 4.78 is 0. The summed E-state index contributed by atoms with van der Waals surface area (Å²) in [5.74, 6) is 0.501. The second-order valence-corrected chi connectivity index (χ2v) is 9.86. The predicted octanol–water partition coefficient (Wildman–Crippen LogP) is 5.46. The topological polar surface area (TPSA) is 65.5 Å². The lowest BCUT2D eigenvalue weighted by atomic mass is 9.88. The number of hydrogen-bond donors (Lipinski definition) is 2. The molecule has 2 N–H and O–H groups in total. The molecule has 3 fully saturated rings.